The molecule has 0 saturated carbocycles. The van der Waals surface area contributed by atoms with Crippen molar-refractivity contribution in [3.05, 3.63) is 45.5 Å². The monoisotopic (exact) mass is 290 g/mol. The Morgan fingerprint density at radius 2 is 2.29 bits per heavy atom. The Morgan fingerprint density at radius 1 is 1.43 bits per heavy atom. The Labute approximate surface area is 121 Å². The zero-order valence-electron chi connectivity index (χ0n) is 12.1. The van der Waals surface area contributed by atoms with Crippen LogP contribution in [0.1, 0.15) is 29.1 Å². The van der Waals surface area contributed by atoms with Crippen LogP contribution in [0.4, 0.5) is 0 Å². The average Bonchev–Trinajstić information content (AvgIpc) is 2.83. The zero-order valence-corrected chi connectivity index (χ0v) is 12.1. The Bertz CT molecular complexity index is 679. The van der Waals surface area contributed by atoms with Gasteiger partial charge in [0.15, 0.2) is 0 Å². The molecule has 2 aromatic rings. The maximum atomic E-state index is 11.5. The lowest BCUT2D eigenvalue weighted by Crippen LogP contribution is -2.38. The van der Waals surface area contributed by atoms with Crippen LogP contribution in [0.15, 0.2) is 21.5 Å². The predicted octanol–water partition coefficient (Wildman–Crippen LogP) is 0.948. The topological polar surface area (TPSA) is 84.2 Å². The Hall–Kier alpha value is -1.99. The van der Waals surface area contributed by atoms with Crippen molar-refractivity contribution in [1.29, 1.82) is 0 Å². The fourth-order valence-corrected chi connectivity index (χ4v) is 2.51. The molecule has 1 fully saturated rings. The number of aromatic amines is 1. The number of aromatic nitrogens is 3. The van der Waals surface area contributed by atoms with E-state index in [0.717, 1.165) is 18.0 Å². The maximum absolute atomic E-state index is 11.5. The molecule has 3 rings (SSSR count). The molecule has 0 unspecified atom stereocenters. The molecular weight excluding hydrogens is 272 g/mol. The van der Waals surface area contributed by atoms with E-state index < -0.39 is 0 Å². The van der Waals surface area contributed by atoms with E-state index in [-0.39, 0.29) is 11.7 Å². The number of ether oxygens (including phenoxy) is 1. The van der Waals surface area contributed by atoms with Gasteiger partial charge < -0.3 is 14.2 Å². The summed E-state index contributed by atoms with van der Waals surface area (Å²) in [6, 6.07) is 3.43. The highest BCUT2D eigenvalue weighted by Gasteiger charge is 2.24. The lowest BCUT2D eigenvalue weighted by molar-refractivity contribution is -0.0357. The second-order valence-electron chi connectivity index (χ2n) is 5.28. The summed E-state index contributed by atoms with van der Waals surface area (Å²) < 4.78 is 10.8. The van der Waals surface area contributed by atoms with E-state index in [2.05, 4.69) is 20.0 Å². The van der Waals surface area contributed by atoms with Gasteiger partial charge in [0.2, 0.25) is 0 Å². The lowest BCUT2D eigenvalue weighted by atomic mass is 10.2. The SMILES string of the molecule is Cc1nc([C@H]2CN(Cc3cc(C)on3)CCO2)cc(=O)[nH]1. The molecule has 1 saturated heterocycles. The Balaban J connectivity index is 1.71. The van der Waals surface area contributed by atoms with Crippen LogP contribution in [0.2, 0.25) is 0 Å². The molecule has 1 aliphatic rings. The van der Waals surface area contributed by atoms with Crippen LogP contribution in [0.3, 0.4) is 0 Å². The van der Waals surface area contributed by atoms with Gasteiger partial charge in [0.25, 0.3) is 5.56 Å². The standard InChI is InChI=1S/C14H18N4O3/c1-9-5-11(17-21-9)7-18-3-4-20-13(8-18)12-6-14(19)16-10(2)15-12/h5-6,13H,3-4,7-8H2,1-2H3,(H,15,16,19)/t13-/m1/s1. The molecule has 0 aliphatic carbocycles. The molecule has 1 aliphatic heterocycles. The normalized spacial score (nSPS) is 19.8. The number of hydrogen-bond donors (Lipinski definition) is 1. The van der Waals surface area contributed by atoms with E-state index in [1.165, 1.54) is 6.07 Å². The van der Waals surface area contributed by atoms with Gasteiger partial charge in [-0.25, -0.2) is 4.98 Å². The van der Waals surface area contributed by atoms with Gasteiger partial charge in [-0.2, -0.15) is 0 Å². The molecular formula is C14H18N4O3. The van der Waals surface area contributed by atoms with Crippen molar-refractivity contribution >= 4 is 0 Å². The third kappa shape index (κ3) is 3.37. The van der Waals surface area contributed by atoms with Crippen LogP contribution in [0, 0.1) is 13.8 Å². The first kappa shape index (κ1) is 14.0. The van der Waals surface area contributed by atoms with E-state index >= 15 is 0 Å². The first-order chi connectivity index (χ1) is 10.1. The van der Waals surface area contributed by atoms with Crippen molar-refractivity contribution in [2.45, 2.75) is 26.5 Å². The molecule has 0 spiro atoms. The molecule has 1 N–H and O–H groups in total. The summed E-state index contributed by atoms with van der Waals surface area (Å²) in [6.45, 7) is 6.46. The molecule has 112 valence electrons. The largest absolute Gasteiger partial charge is 0.369 e. The van der Waals surface area contributed by atoms with Crippen molar-refractivity contribution < 1.29 is 9.26 Å². The minimum atomic E-state index is -0.187. The summed E-state index contributed by atoms with van der Waals surface area (Å²) in [6.07, 6.45) is -0.187. The fourth-order valence-electron chi connectivity index (χ4n) is 2.51. The van der Waals surface area contributed by atoms with Crippen LogP contribution in [-0.2, 0) is 11.3 Å². The van der Waals surface area contributed by atoms with Gasteiger partial charge in [0.05, 0.1) is 18.0 Å². The van der Waals surface area contributed by atoms with Gasteiger partial charge in [0, 0.05) is 31.8 Å². The number of rotatable bonds is 3. The molecule has 0 amide bonds. The number of aryl methyl sites for hydroxylation is 2. The quantitative estimate of drug-likeness (QED) is 0.906. The van der Waals surface area contributed by atoms with E-state index in [1.807, 2.05) is 13.0 Å². The van der Waals surface area contributed by atoms with E-state index in [4.69, 9.17) is 9.26 Å². The Kier molecular flexibility index (Phi) is 3.85. The average molecular weight is 290 g/mol. The number of nitrogens with zero attached hydrogens (tertiary/aromatic N) is 3. The molecule has 0 bridgehead atoms. The van der Waals surface area contributed by atoms with Crippen LogP contribution in [0.25, 0.3) is 0 Å². The highest BCUT2D eigenvalue weighted by Crippen LogP contribution is 2.21. The molecule has 7 heteroatoms. The predicted molar refractivity (Wildman–Crippen MR) is 74.8 cm³/mol. The smallest absolute Gasteiger partial charge is 0.251 e. The second kappa shape index (κ2) is 5.79. The molecule has 0 radical (unpaired) electrons. The van der Waals surface area contributed by atoms with E-state index in [9.17, 15) is 4.79 Å². The summed E-state index contributed by atoms with van der Waals surface area (Å²) in [4.78, 5) is 20.8. The molecule has 21 heavy (non-hydrogen) atoms. The van der Waals surface area contributed by atoms with Gasteiger partial charge in [-0.05, 0) is 13.8 Å². The minimum absolute atomic E-state index is 0.148. The van der Waals surface area contributed by atoms with Crippen LogP contribution >= 0.6 is 0 Å². The first-order valence-corrected chi connectivity index (χ1v) is 6.94. The molecule has 7 nitrogen and oxygen atoms in total. The van der Waals surface area contributed by atoms with Crippen molar-refractivity contribution in [2.75, 3.05) is 19.7 Å². The maximum Gasteiger partial charge on any atom is 0.251 e. The highest BCUT2D eigenvalue weighted by molar-refractivity contribution is 5.08. The number of hydrogen-bond acceptors (Lipinski definition) is 6. The lowest BCUT2D eigenvalue weighted by Gasteiger charge is -2.31. The molecule has 3 heterocycles. The van der Waals surface area contributed by atoms with Crippen LogP contribution in [-0.4, -0.2) is 39.7 Å². The summed E-state index contributed by atoms with van der Waals surface area (Å²) in [5.74, 6) is 1.41. The molecule has 1 atom stereocenters. The van der Waals surface area contributed by atoms with Crippen molar-refractivity contribution in [3.63, 3.8) is 0 Å². The van der Waals surface area contributed by atoms with E-state index in [0.29, 0.717) is 31.2 Å². The second-order valence-corrected chi connectivity index (χ2v) is 5.28. The summed E-state index contributed by atoms with van der Waals surface area (Å²) in [5, 5.41) is 4.01. The highest BCUT2D eigenvalue weighted by atomic mass is 16.5. The zero-order chi connectivity index (χ0) is 14.8. The number of nitrogens with one attached hydrogen (secondary N) is 1. The van der Waals surface area contributed by atoms with Gasteiger partial charge in [-0.1, -0.05) is 5.16 Å². The van der Waals surface area contributed by atoms with Crippen molar-refractivity contribution in [1.82, 2.24) is 20.0 Å². The van der Waals surface area contributed by atoms with Crippen molar-refractivity contribution in [2.24, 2.45) is 0 Å². The van der Waals surface area contributed by atoms with Gasteiger partial charge in [-0.15, -0.1) is 0 Å². The Morgan fingerprint density at radius 3 is 3.00 bits per heavy atom. The van der Waals surface area contributed by atoms with Crippen molar-refractivity contribution in [3.8, 4) is 0 Å². The minimum Gasteiger partial charge on any atom is -0.369 e. The molecule has 0 aromatic carbocycles. The van der Waals surface area contributed by atoms with Gasteiger partial charge >= 0.3 is 0 Å². The fraction of sp³-hybridized carbons (Fsp3) is 0.500. The van der Waals surface area contributed by atoms with E-state index in [1.54, 1.807) is 6.92 Å². The van der Waals surface area contributed by atoms with Crippen LogP contribution < -0.4 is 5.56 Å². The summed E-state index contributed by atoms with van der Waals surface area (Å²) in [7, 11) is 0. The third-order valence-electron chi connectivity index (χ3n) is 3.42. The van der Waals surface area contributed by atoms with Gasteiger partial charge in [-0.3, -0.25) is 9.69 Å². The first-order valence-electron chi connectivity index (χ1n) is 6.94. The summed E-state index contributed by atoms with van der Waals surface area (Å²) in [5.41, 5.74) is 1.44. The number of H-pyrrole nitrogens is 1. The third-order valence-corrected chi connectivity index (χ3v) is 3.42. The van der Waals surface area contributed by atoms with Crippen LogP contribution in [0.5, 0.6) is 0 Å². The van der Waals surface area contributed by atoms with Gasteiger partial charge in [0.1, 0.15) is 17.7 Å². The molecule has 2 aromatic heterocycles. The number of morpholine rings is 1. The summed E-state index contributed by atoms with van der Waals surface area (Å²) >= 11 is 0.